The Kier molecular flexibility index (Phi) is 3.44. The van der Waals surface area contributed by atoms with E-state index in [0.29, 0.717) is 0 Å². The van der Waals surface area contributed by atoms with Crippen LogP contribution in [0.25, 0.3) is 11.0 Å². The van der Waals surface area contributed by atoms with Gasteiger partial charge in [-0.15, -0.1) is 0 Å². The van der Waals surface area contributed by atoms with Gasteiger partial charge in [0.1, 0.15) is 0 Å². The van der Waals surface area contributed by atoms with E-state index in [1.165, 1.54) is 0 Å². The summed E-state index contributed by atoms with van der Waals surface area (Å²) in [6, 6.07) is 13.9. The molecule has 2 aromatic heterocycles. The fraction of sp³-hybridized carbons (Fsp3) is 0.176. The van der Waals surface area contributed by atoms with Crippen LogP contribution in [0.5, 0.6) is 0 Å². The van der Waals surface area contributed by atoms with Gasteiger partial charge < -0.3 is 10.3 Å². The second kappa shape index (κ2) is 5.40. The van der Waals surface area contributed by atoms with Crippen molar-refractivity contribution in [3.05, 3.63) is 54.9 Å². The molecule has 0 radical (unpaired) electrons. The Morgan fingerprint density at radius 3 is 2.71 bits per heavy atom. The van der Waals surface area contributed by atoms with Gasteiger partial charge in [0.25, 0.3) is 0 Å². The van der Waals surface area contributed by atoms with Crippen molar-refractivity contribution in [2.75, 3.05) is 5.32 Å². The molecule has 4 nitrogen and oxygen atoms in total. The molecule has 0 fully saturated rings. The van der Waals surface area contributed by atoms with Crippen LogP contribution in [0.2, 0.25) is 0 Å². The van der Waals surface area contributed by atoms with Gasteiger partial charge in [-0.3, -0.25) is 9.98 Å². The van der Waals surface area contributed by atoms with Gasteiger partial charge >= 0.3 is 0 Å². The molecule has 0 saturated heterocycles. The zero-order chi connectivity index (χ0) is 14.7. The highest BCUT2D eigenvalue weighted by molar-refractivity contribution is 5.85. The molecule has 21 heavy (non-hydrogen) atoms. The number of aromatic amines is 1. The smallest absolute Gasteiger partial charge is 0.0878 e. The predicted molar refractivity (Wildman–Crippen MR) is 88.4 cm³/mol. The van der Waals surface area contributed by atoms with Crippen molar-refractivity contribution in [3.63, 3.8) is 0 Å². The predicted octanol–water partition coefficient (Wildman–Crippen LogP) is 4.16. The Morgan fingerprint density at radius 1 is 1.00 bits per heavy atom. The third kappa shape index (κ3) is 3.11. The largest absolute Gasteiger partial charge is 0.373 e. The molecule has 0 unspecified atom stereocenters. The van der Waals surface area contributed by atoms with Gasteiger partial charge in [0.15, 0.2) is 0 Å². The summed E-state index contributed by atoms with van der Waals surface area (Å²) in [5.74, 6) is 0. The molecule has 106 valence electrons. The molecule has 0 saturated carbocycles. The highest BCUT2D eigenvalue weighted by Gasteiger charge is 2.19. The fourth-order valence-corrected chi connectivity index (χ4v) is 2.18. The van der Waals surface area contributed by atoms with Crippen molar-refractivity contribution in [1.82, 2.24) is 9.97 Å². The summed E-state index contributed by atoms with van der Waals surface area (Å²) >= 11 is 0. The summed E-state index contributed by atoms with van der Waals surface area (Å²) in [5, 5.41) is 3.39. The van der Waals surface area contributed by atoms with Crippen LogP contribution >= 0.6 is 0 Å². The summed E-state index contributed by atoms with van der Waals surface area (Å²) in [4.78, 5) is 11.5. The number of rotatable bonds is 0. The monoisotopic (exact) mass is 278 g/mol. The van der Waals surface area contributed by atoms with Crippen LogP contribution in [0.15, 0.2) is 59.9 Å². The van der Waals surface area contributed by atoms with Crippen LogP contribution in [0.4, 0.5) is 11.4 Å². The minimum atomic E-state index is -0.0195. The van der Waals surface area contributed by atoms with Gasteiger partial charge in [-0.25, -0.2) is 0 Å². The van der Waals surface area contributed by atoms with Crippen LogP contribution in [0.3, 0.4) is 0 Å². The number of pyridine rings is 1. The standard InChI is InChI=1S/C10H12N2.C7H6N2/c1-10(2)7-11-8-5-3-4-6-9(8)12-10;1-2-6-7(8-4-1)3-5-9-6/h3-7,12H,1-2H3;1-5,9H. The fourth-order valence-electron chi connectivity index (χ4n) is 2.18. The molecule has 0 spiro atoms. The van der Waals surface area contributed by atoms with Crippen LogP contribution < -0.4 is 5.32 Å². The molecule has 4 rings (SSSR count). The Balaban J connectivity index is 0.000000131. The number of hydrogen-bond acceptors (Lipinski definition) is 3. The number of nitrogens with zero attached hydrogens (tertiary/aromatic N) is 2. The van der Waals surface area contributed by atoms with Crippen molar-refractivity contribution in [2.24, 2.45) is 4.99 Å². The Labute approximate surface area is 124 Å². The normalized spacial score (nSPS) is 14.8. The number of nitrogens with one attached hydrogen (secondary N) is 2. The molecule has 3 heterocycles. The van der Waals surface area contributed by atoms with E-state index in [1.54, 1.807) is 6.20 Å². The second-order valence-corrected chi connectivity index (χ2v) is 5.54. The molecule has 1 aliphatic rings. The number of anilines is 1. The number of para-hydroxylation sites is 2. The van der Waals surface area contributed by atoms with E-state index in [9.17, 15) is 0 Å². The van der Waals surface area contributed by atoms with E-state index in [-0.39, 0.29) is 5.54 Å². The summed E-state index contributed by atoms with van der Waals surface area (Å²) in [6.45, 7) is 4.21. The number of aliphatic imine (C=N–C) groups is 1. The Bertz CT molecular complexity index is 741. The molecule has 4 heteroatoms. The molecule has 0 aliphatic carbocycles. The van der Waals surface area contributed by atoms with E-state index >= 15 is 0 Å². The zero-order valence-corrected chi connectivity index (χ0v) is 12.2. The third-order valence-electron chi connectivity index (χ3n) is 3.21. The van der Waals surface area contributed by atoms with Crippen LogP contribution in [-0.4, -0.2) is 21.7 Å². The molecule has 3 aromatic rings. The quantitative estimate of drug-likeness (QED) is 0.649. The van der Waals surface area contributed by atoms with Gasteiger partial charge in [0, 0.05) is 18.6 Å². The Morgan fingerprint density at radius 2 is 1.86 bits per heavy atom. The minimum Gasteiger partial charge on any atom is -0.373 e. The van der Waals surface area contributed by atoms with Gasteiger partial charge in [0.05, 0.1) is 27.9 Å². The van der Waals surface area contributed by atoms with Crippen LogP contribution in [0.1, 0.15) is 13.8 Å². The first-order valence-corrected chi connectivity index (χ1v) is 6.95. The molecule has 1 aliphatic heterocycles. The van der Waals surface area contributed by atoms with Gasteiger partial charge in [-0.1, -0.05) is 12.1 Å². The van der Waals surface area contributed by atoms with E-state index in [1.807, 2.05) is 54.9 Å². The molecular formula is C17H18N4. The van der Waals surface area contributed by atoms with Crippen molar-refractivity contribution in [1.29, 1.82) is 0 Å². The molecule has 0 atom stereocenters. The number of aromatic nitrogens is 2. The van der Waals surface area contributed by atoms with E-state index < -0.39 is 0 Å². The van der Waals surface area contributed by atoms with Crippen molar-refractivity contribution in [3.8, 4) is 0 Å². The molecule has 0 amide bonds. The average molecular weight is 278 g/mol. The van der Waals surface area contributed by atoms with Crippen molar-refractivity contribution < 1.29 is 0 Å². The van der Waals surface area contributed by atoms with Gasteiger partial charge in [-0.2, -0.15) is 0 Å². The number of fused-ring (bicyclic) bond motifs is 2. The molecule has 0 bridgehead atoms. The zero-order valence-electron chi connectivity index (χ0n) is 12.2. The summed E-state index contributed by atoms with van der Waals surface area (Å²) in [6.07, 6.45) is 5.61. The van der Waals surface area contributed by atoms with Gasteiger partial charge in [-0.05, 0) is 44.2 Å². The molecule has 2 N–H and O–H groups in total. The maximum atomic E-state index is 4.36. The van der Waals surface area contributed by atoms with E-state index in [4.69, 9.17) is 0 Å². The first kappa shape index (κ1) is 13.4. The lowest BCUT2D eigenvalue weighted by Gasteiger charge is -2.27. The lowest BCUT2D eigenvalue weighted by molar-refractivity contribution is 0.769. The lowest BCUT2D eigenvalue weighted by atomic mass is 10.0. The molecule has 1 aromatic carbocycles. The van der Waals surface area contributed by atoms with Crippen molar-refractivity contribution >= 4 is 28.6 Å². The van der Waals surface area contributed by atoms with E-state index in [2.05, 4.69) is 34.1 Å². The number of hydrogen-bond donors (Lipinski definition) is 2. The summed E-state index contributed by atoms with van der Waals surface area (Å²) in [5.41, 5.74) is 4.24. The SMILES string of the molecule is CC1(C)C=Nc2ccccc2N1.c1cnc2cc[nH]c2c1. The van der Waals surface area contributed by atoms with E-state index in [0.717, 1.165) is 22.4 Å². The first-order chi connectivity index (χ1) is 10.1. The van der Waals surface area contributed by atoms with Crippen LogP contribution in [0, 0.1) is 0 Å². The number of benzene rings is 1. The van der Waals surface area contributed by atoms with Crippen molar-refractivity contribution in [2.45, 2.75) is 19.4 Å². The highest BCUT2D eigenvalue weighted by atomic mass is 15.0. The first-order valence-electron chi connectivity index (χ1n) is 6.95. The summed E-state index contributed by atoms with van der Waals surface area (Å²) in [7, 11) is 0. The Hall–Kier alpha value is -2.62. The molecular weight excluding hydrogens is 260 g/mol. The highest BCUT2D eigenvalue weighted by Crippen LogP contribution is 2.30. The third-order valence-corrected chi connectivity index (χ3v) is 3.21. The summed E-state index contributed by atoms with van der Waals surface area (Å²) < 4.78 is 0. The van der Waals surface area contributed by atoms with Gasteiger partial charge in [0.2, 0.25) is 0 Å². The lowest BCUT2D eigenvalue weighted by Crippen LogP contribution is -2.34. The maximum Gasteiger partial charge on any atom is 0.0878 e. The van der Waals surface area contributed by atoms with Crippen LogP contribution in [-0.2, 0) is 0 Å². The topological polar surface area (TPSA) is 53.1 Å². The minimum absolute atomic E-state index is 0.0195. The maximum absolute atomic E-state index is 4.36. The second-order valence-electron chi connectivity index (χ2n) is 5.54. The average Bonchev–Trinajstić information content (AvgIpc) is 2.95. The number of H-pyrrole nitrogens is 1.